The van der Waals surface area contributed by atoms with Crippen molar-refractivity contribution in [3.63, 3.8) is 0 Å². The monoisotopic (exact) mass is 411 g/mol. The molecule has 2 heterocycles. The van der Waals surface area contributed by atoms with Crippen molar-refractivity contribution in [3.05, 3.63) is 65.0 Å². The predicted octanol–water partition coefficient (Wildman–Crippen LogP) is 3.48. The zero-order valence-electron chi connectivity index (χ0n) is 15.5. The van der Waals surface area contributed by atoms with Gasteiger partial charge in [-0.2, -0.15) is 4.37 Å². The Morgan fingerprint density at radius 1 is 1.28 bits per heavy atom. The Hall–Kier alpha value is -3.46. The number of nitrogens with zero attached hydrogens (tertiary/aromatic N) is 2. The Bertz CT molecular complexity index is 1100. The van der Waals surface area contributed by atoms with E-state index in [0.717, 1.165) is 22.8 Å². The molecule has 9 heteroatoms. The highest BCUT2D eigenvalue weighted by Gasteiger charge is 2.26. The molecule has 1 aromatic heterocycles. The van der Waals surface area contributed by atoms with E-state index in [9.17, 15) is 14.3 Å². The van der Waals surface area contributed by atoms with Gasteiger partial charge in [-0.05, 0) is 66.0 Å². The molecule has 0 unspecified atom stereocenters. The minimum absolute atomic E-state index is 0.0506. The highest BCUT2D eigenvalue weighted by atomic mass is 32.1. The van der Waals surface area contributed by atoms with E-state index in [1.54, 1.807) is 42.3 Å². The molecule has 1 aliphatic heterocycles. The number of hydrogen-bond donors (Lipinski definition) is 4. The average molecular weight is 411 g/mol. The fourth-order valence-electron chi connectivity index (χ4n) is 3.28. The molecule has 1 aliphatic rings. The van der Waals surface area contributed by atoms with E-state index in [-0.39, 0.29) is 23.4 Å². The van der Waals surface area contributed by atoms with Crippen molar-refractivity contribution in [3.8, 4) is 5.88 Å². The van der Waals surface area contributed by atoms with Crippen molar-refractivity contribution in [1.29, 1.82) is 5.41 Å². The second-order valence-corrected chi connectivity index (χ2v) is 7.29. The lowest BCUT2D eigenvalue weighted by atomic mass is 10.1. The summed E-state index contributed by atoms with van der Waals surface area (Å²) in [5, 5.41) is 24.1. The number of benzene rings is 2. The normalized spacial score (nSPS) is 12.6. The molecule has 0 fully saturated rings. The van der Waals surface area contributed by atoms with Gasteiger partial charge in [0.15, 0.2) is 0 Å². The van der Waals surface area contributed by atoms with Gasteiger partial charge in [0.2, 0.25) is 5.88 Å². The van der Waals surface area contributed by atoms with Crippen molar-refractivity contribution in [1.82, 2.24) is 9.69 Å². The summed E-state index contributed by atoms with van der Waals surface area (Å²) in [4.78, 5) is 14.5. The molecule has 4 rings (SSSR count). The second kappa shape index (κ2) is 7.51. The van der Waals surface area contributed by atoms with Gasteiger partial charge in [0, 0.05) is 30.5 Å². The zero-order valence-corrected chi connectivity index (χ0v) is 16.3. The van der Waals surface area contributed by atoms with Crippen LogP contribution in [0.3, 0.4) is 0 Å². The summed E-state index contributed by atoms with van der Waals surface area (Å²) in [6.45, 7) is 0.521. The maximum Gasteiger partial charge on any atom is 0.258 e. The number of halogens is 1. The number of nitrogens with one attached hydrogen (secondary N) is 3. The van der Waals surface area contributed by atoms with Gasteiger partial charge < -0.3 is 20.6 Å². The van der Waals surface area contributed by atoms with Crippen LogP contribution in [0.5, 0.6) is 5.88 Å². The summed E-state index contributed by atoms with van der Waals surface area (Å²) in [5.74, 6) is -0.606. The van der Waals surface area contributed by atoms with E-state index in [4.69, 9.17) is 5.41 Å². The van der Waals surface area contributed by atoms with Crippen molar-refractivity contribution >= 4 is 39.7 Å². The van der Waals surface area contributed by atoms with E-state index in [2.05, 4.69) is 15.0 Å². The van der Waals surface area contributed by atoms with Crippen LogP contribution in [0.4, 0.5) is 20.8 Å². The van der Waals surface area contributed by atoms with E-state index >= 15 is 0 Å². The van der Waals surface area contributed by atoms with E-state index < -0.39 is 0 Å². The number of carbonyl (C=O) groups excluding carboxylic acids is 1. The van der Waals surface area contributed by atoms with Crippen LogP contribution in [0.15, 0.2) is 42.5 Å². The molecule has 3 aromatic rings. The number of carbonyl (C=O) groups is 1. The van der Waals surface area contributed by atoms with Gasteiger partial charge in [-0.3, -0.25) is 10.2 Å². The first-order valence-electron chi connectivity index (χ1n) is 8.90. The van der Waals surface area contributed by atoms with E-state index in [0.29, 0.717) is 34.8 Å². The molecule has 0 radical (unpaired) electrons. The Morgan fingerprint density at radius 2 is 2.03 bits per heavy atom. The van der Waals surface area contributed by atoms with Crippen molar-refractivity contribution in [2.45, 2.75) is 6.42 Å². The minimum atomic E-state index is -0.298. The zero-order chi connectivity index (χ0) is 20.5. The summed E-state index contributed by atoms with van der Waals surface area (Å²) in [7, 11) is 1.59. The van der Waals surface area contributed by atoms with Gasteiger partial charge in [-0.1, -0.05) is 0 Å². The number of amides is 1. The molecule has 4 N–H and O–H groups in total. The lowest BCUT2D eigenvalue weighted by Gasteiger charge is -2.17. The first-order valence-corrected chi connectivity index (χ1v) is 9.68. The maximum absolute atomic E-state index is 13.4. The van der Waals surface area contributed by atoms with Gasteiger partial charge in [0.1, 0.15) is 22.2 Å². The highest BCUT2D eigenvalue weighted by molar-refractivity contribution is 7.11. The molecular weight excluding hydrogens is 393 g/mol. The fraction of sp³-hybridized carbons (Fsp3) is 0.150. The Morgan fingerprint density at radius 3 is 2.76 bits per heavy atom. The molecule has 29 heavy (non-hydrogen) atoms. The number of rotatable bonds is 4. The van der Waals surface area contributed by atoms with Gasteiger partial charge in [-0.25, -0.2) is 4.39 Å². The van der Waals surface area contributed by atoms with Crippen molar-refractivity contribution in [2.75, 3.05) is 23.8 Å². The minimum Gasteiger partial charge on any atom is -0.492 e. The van der Waals surface area contributed by atoms with Crippen molar-refractivity contribution < 1.29 is 14.3 Å². The van der Waals surface area contributed by atoms with E-state index in [1.165, 1.54) is 12.1 Å². The smallest absolute Gasteiger partial charge is 0.258 e. The first kappa shape index (κ1) is 18.9. The lowest BCUT2D eigenvalue weighted by molar-refractivity contribution is 0.0989. The van der Waals surface area contributed by atoms with Crippen LogP contribution in [0.2, 0.25) is 0 Å². The molecule has 0 aliphatic carbocycles. The number of amidine groups is 1. The summed E-state index contributed by atoms with van der Waals surface area (Å²) < 4.78 is 17.3. The third-order valence-corrected chi connectivity index (χ3v) is 5.50. The molecule has 0 spiro atoms. The molecule has 0 saturated heterocycles. The predicted molar refractivity (Wildman–Crippen MR) is 111 cm³/mol. The summed E-state index contributed by atoms with van der Waals surface area (Å²) in [6, 6.07) is 11.4. The van der Waals surface area contributed by atoms with Gasteiger partial charge in [0.25, 0.3) is 5.91 Å². The average Bonchev–Trinajstić information content (AvgIpc) is 3.30. The standard InChI is InChI=1S/C20H18FN5O2S/c1-23-17(22)16-18(27)25-29-19(16)24-14-5-2-11(3-6-14)20(28)26-9-8-12-10-13(21)4-7-15(12)26/h2-7,10,24H,8-9H2,1H3,(H2,22,23)(H,25,27). The number of aromatic hydroxyl groups is 1. The number of hydrogen-bond acceptors (Lipinski definition) is 6. The third-order valence-electron chi connectivity index (χ3n) is 4.75. The van der Waals surface area contributed by atoms with Gasteiger partial charge in [0.05, 0.1) is 0 Å². The SMILES string of the molecule is CNC(=N)c1c(O)nsc1Nc1ccc(C(=O)N2CCc3cc(F)ccc32)cc1. The van der Waals surface area contributed by atoms with Gasteiger partial charge in [-0.15, -0.1) is 0 Å². The summed E-state index contributed by atoms with van der Waals surface area (Å²) >= 11 is 1.04. The first-order chi connectivity index (χ1) is 14.0. The topological polar surface area (TPSA) is 101 Å². The fourth-order valence-corrected chi connectivity index (χ4v) is 4.00. The second-order valence-electron chi connectivity index (χ2n) is 6.52. The Kier molecular flexibility index (Phi) is 4.89. The highest BCUT2D eigenvalue weighted by Crippen LogP contribution is 2.33. The molecule has 0 bridgehead atoms. The van der Waals surface area contributed by atoms with Crippen LogP contribution in [-0.4, -0.2) is 34.8 Å². The quantitative estimate of drug-likeness (QED) is 0.389. The van der Waals surface area contributed by atoms with Gasteiger partial charge >= 0.3 is 0 Å². The van der Waals surface area contributed by atoms with Crippen LogP contribution >= 0.6 is 11.5 Å². The van der Waals surface area contributed by atoms with E-state index in [1.807, 2.05) is 0 Å². The third kappa shape index (κ3) is 3.52. The molecule has 2 aromatic carbocycles. The maximum atomic E-state index is 13.4. The van der Waals surface area contributed by atoms with Crippen LogP contribution in [0, 0.1) is 11.2 Å². The number of aromatic nitrogens is 1. The largest absolute Gasteiger partial charge is 0.492 e. The van der Waals surface area contributed by atoms with Crippen LogP contribution in [-0.2, 0) is 6.42 Å². The molecule has 1 amide bonds. The van der Waals surface area contributed by atoms with Crippen LogP contribution in [0.25, 0.3) is 0 Å². The number of anilines is 3. The molecule has 0 saturated carbocycles. The van der Waals surface area contributed by atoms with Crippen LogP contribution < -0.4 is 15.5 Å². The van der Waals surface area contributed by atoms with Crippen molar-refractivity contribution in [2.24, 2.45) is 0 Å². The summed E-state index contributed by atoms with van der Waals surface area (Å²) in [6.07, 6.45) is 0.632. The Balaban J connectivity index is 1.52. The Labute approximate surface area is 170 Å². The molecular formula is C20H18FN5O2S. The number of fused-ring (bicyclic) bond motifs is 1. The molecule has 0 atom stereocenters. The lowest BCUT2D eigenvalue weighted by Crippen LogP contribution is -2.28. The molecule has 148 valence electrons. The van der Waals surface area contributed by atoms with Crippen LogP contribution in [0.1, 0.15) is 21.5 Å². The summed E-state index contributed by atoms with van der Waals surface area (Å²) in [5.41, 5.74) is 3.08. The molecule has 7 nitrogen and oxygen atoms in total.